The molecule has 0 aliphatic carbocycles. The van der Waals surface area contributed by atoms with Gasteiger partial charge in [0.1, 0.15) is 6.04 Å². The highest BCUT2D eigenvalue weighted by molar-refractivity contribution is 5.82. The molecule has 0 radical (unpaired) electrons. The number of aliphatic carboxylic acids is 1. The Hall–Kier alpha value is -1.26. The van der Waals surface area contributed by atoms with Crippen LogP contribution in [0.5, 0.6) is 0 Å². The Morgan fingerprint density at radius 2 is 1.80 bits per heavy atom. The van der Waals surface area contributed by atoms with E-state index in [0.29, 0.717) is 0 Å². The molecule has 0 saturated carbocycles. The Kier molecular flexibility index (Phi) is 5.74. The highest BCUT2D eigenvalue weighted by Gasteiger charge is 2.20. The van der Waals surface area contributed by atoms with Crippen LogP contribution in [0.1, 0.15) is 33.6 Å². The van der Waals surface area contributed by atoms with Gasteiger partial charge in [0, 0.05) is 13.1 Å². The number of hydrogen-bond acceptors (Lipinski definition) is 2. The lowest BCUT2D eigenvalue weighted by molar-refractivity contribution is -0.138. The van der Waals surface area contributed by atoms with Crippen LogP contribution in [0.2, 0.25) is 0 Å². The molecule has 0 bridgehead atoms. The molecule has 0 aromatic heterocycles. The van der Waals surface area contributed by atoms with E-state index in [2.05, 4.69) is 5.32 Å². The molecule has 5 nitrogen and oxygen atoms in total. The average Bonchev–Trinajstić information content (AvgIpc) is 2.19. The zero-order valence-corrected chi connectivity index (χ0v) is 9.78. The van der Waals surface area contributed by atoms with E-state index in [-0.39, 0.29) is 12.1 Å². The number of nitrogens with one attached hydrogen (secondary N) is 1. The number of urea groups is 1. The number of carboxylic acid groups (broad SMARTS) is 1. The number of nitrogens with zero attached hydrogens (tertiary/aromatic N) is 1. The molecule has 2 N–H and O–H groups in total. The van der Waals surface area contributed by atoms with Crippen LogP contribution in [0.25, 0.3) is 0 Å². The van der Waals surface area contributed by atoms with Gasteiger partial charge in [0.05, 0.1) is 0 Å². The fourth-order valence-corrected chi connectivity index (χ4v) is 1.35. The van der Waals surface area contributed by atoms with Crippen molar-refractivity contribution in [2.45, 2.75) is 45.7 Å². The van der Waals surface area contributed by atoms with Crippen molar-refractivity contribution in [2.75, 3.05) is 7.05 Å². The third kappa shape index (κ3) is 4.18. The molecule has 0 unspecified atom stereocenters. The molecule has 0 aromatic rings. The molecule has 5 heteroatoms. The SMILES string of the molecule is CCC(CC)N(C)C(=O)N[C@@H](C)C(=O)O. The second-order valence-corrected chi connectivity index (χ2v) is 3.59. The summed E-state index contributed by atoms with van der Waals surface area (Å²) in [4.78, 5) is 23.7. The predicted octanol–water partition coefficient (Wildman–Crippen LogP) is 1.29. The van der Waals surface area contributed by atoms with Gasteiger partial charge in [0.15, 0.2) is 0 Å². The second kappa shape index (κ2) is 6.27. The summed E-state index contributed by atoms with van der Waals surface area (Å²) >= 11 is 0. The van der Waals surface area contributed by atoms with E-state index in [1.165, 1.54) is 6.92 Å². The van der Waals surface area contributed by atoms with Crippen molar-refractivity contribution in [2.24, 2.45) is 0 Å². The topological polar surface area (TPSA) is 69.6 Å². The van der Waals surface area contributed by atoms with Gasteiger partial charge in [-0.05, 0) is 19.8 Å². The summed E-state index contributed by atoms with van der Waals surface area (Å²) in [6.45, 7) is 5.44. The zero-order chi connectivity index (χ0) is 12.0. The maximum Gasteiger partial charge on any atom is 0.325 e. The zero-order valence-electron chi connectivity index (χ0n) is 9.78. The van der Waals surface area contributed by atoms with Crippen molar-refractivity contribution >= 4 is 12.0 Å². The number of hydrogen-bond donors (Lipinski definition) is 2. The van der Waals surface area contributed by atoms with Crippen LogP contribution in [-0.2, 0) is 4.79 Å². The van der Waals surface area contributed by atoms with Crippen LogP contribution >= 0.6 is 0 Å². The van der Waals surface area contributed by atoms with Gasteiger partial charge in [0.2, 0.25) is 0 Å². The maximum atomic E-state index is 11.6. The molecule has 0 fully saturated rings. The number of carbonyl (C=O) groups is 2. The highest BCUT2D eigenvalue weighted by atomic mass is 16.4. The standard InChI is InChI=1S/C10H20N2O3/c1-5-8(6-2)12(4)10(15)11-7(3)9(13)14/h7-8H,5-6H2,1-4H3,(H,11,15)(H,13,14)/t7-/m0/s1. The molecule has 88 valence electrons. The van der Waals surface area contributed by atoms with Gasteiger partial charge in [-0.25, -0.2) is 4.79 Å². The number of carboxylic acids is 1. The Bertz CT molecular complexity index is 227. The van der Waals surface area contributed by atoms with Crippen LogP contribution in [0, 0.1) is 0 Å². The van der Waals surface area contributed by atoms with Crippen molar-refractivity contribution in [3.8, 4) is 0 Å². The van der Waals surface area contributed by atoms with Crippen molar-refractivity contribution in [3.05, 3.63) is 0 Å². The lowest BCUT2D eigenvalue weighted by Gasteiger charge is -2.27. The van der Waals surface area contributed by atoms with Crippen molar-refractivity contribution in [1.29, 1.82) is 0 Å². The molecule has 1 atom stereocenters. The first-order valence-corrected chi connectivity index (χ1v) is 5.20. The van der Waals surface area contributed by atoms with E-state index in [4.69, 9.17) is 5.11 Å². The molecular weight excluding hydrogens is 196 g/mol. The number of rotatable bonds is 5. The highest BCUT2D eigenvalue weighted by Crippen LogP contribution is 2.06. The molecule has 0 aromatic carbocycles. The maximum absolute atomic E-state index is 11.6. The van der Waals surface area contributed by atoms with Gasteiger partial charge >= 0.3 is 12.0 Å². The largest absolute Gasteiger partial charge is 0.480 e. The van der Waals surface area contributed by atoms with Gasteiger partial charge < -0.3 is 15.3 Å². The minimum atomic E-state index is -1.03. The molecule has 0 spiro atoms. The minimum Gasteiger partial charge on any atom is -0.480 e. The van der Waals surface area contributed by atoms with Gasteiger partial charge in [-0.2, -0.15) is 0 Å². The van der Waals surface area contributed by atoms with Gasteiger partial charge in [-0.3, -0.25) is 4.79 Å². The van der Waals surface area contributed by atoms with Crippen LogP contribution in [0.15, 0.2) is 0 Å². The fraction of sp³-hybridized carbons (Fsp3) is 0.800. The Balaban J connectivity index is 4.26. The van der Waals surface area contributed by atoms with Crippen molar-refractivity contribution in [1.82, 2.24) is 10.2 Å². The van der Waals surface area contributed by atoms with Crippen molar-refractivity contribution < 1.29 is 14.7 Å². The second-order valence-electron chi connectivity index (χ2n) is 3.59. The number of carbonyl (C=O) groups excluding carboxylic acids is 1. The summed E-state index contributed by atoms with van der Waals surface area (Å²) in [6.07, 6.45) is 1.73. The van der Waals surface area contributed by atoms with Crippen LogP contribution in [0.3, 0.4) is 0 Å². The van der Waals surface area contributed by atoms with Gasteiger partial charge in [-0.15, -0.1) is 0 Å². The van der Waals surface area contributed by atoms with E-state index in [9.17, 15) is 9.59 Å². The minimum absolute atomic E-state index is 0.158. The molecule has 0 aliphatic heterocycles. The lowest BCUT2D eigenvalue weighted by atomic mass is 10.1. The van der Waals surface area contributed by atoms with Crippen LogP contribution < -0.4 is 5.32 Å². The summed E-state index contributed by atoms with van der Waals surface area (Å²) in [5.41, 5.74) is 0. The van der Waals surface area contributed by atoms with Gasteiger partial charge in [0.25, 0.3) is 0 Å². The molecule has 0 rings (SSSR count). The van der Waals surface area contributed by atoms with Crippen molar-refractivity contribution in [3.63, 3.8) is 0 Å². The number of amides is 2. The van der Waals surface area contributed by atoms with E-state index < -0.39 is 12.0 Å². The lowest BCUT2D eigenvalue weighted by Crippen LogP contribution is -2.48. The molecule has 2 amide bonds. The first-order valence-electron chi connectivity index (χ1n) is 5.20. The smallest absolute Gasteiger partial charge is 0.325 e. The Labute approximate surface area is 90.5 Å². The summed E-state index contributed by atoms with van der Waals surface area (Å²) in [5, 5.41) is 11.0. The fourth-order valence-electron chi connectivity index (χ4n) is 1.35. The van der Waals surface area contributed by atoms with E-state index in [1.807, 2.05) is 13.8 Å². The first-order chi connectivity index (χ1) is 6.93. The third-order valence-corrected chi connectivity index (χ3v) is 2.52. The summed E-state index contributed by atoms with van der Waals surface area (Å²) in [6, 6.07) is -1.03. The Morgan fingerprint density at radius 1 is 1.33 bits per heavy atom. The monoisotopic (exact) mass is 216 g/mol. The molecule has 0 aliphatic rings. The molecule has 15 heavy (non-hydrogen) atoms. The quantitative estimate of drug-likeness (QED) is 0.727. The molecular formula is C10H20N2O3. The predicted molar refractivity (Wildman–Crippen MR) is 57.8 cm³/mol. The van der Waals surface area contributed by atoms with E-state index in [1.54, 1.807) is 11.9 Å². The molecule has 0 heterocycles. The van der Waals surface area contributed by atoms with E-state index >= 15 is 0 Å². The van der Waals surface area contributed by atoms with Crippen LogP contribution in [-0.4, -0.2) is 41.1 Å². The summed E-state index contributed by atoms with van der Waals surface area (Å²) in [7, 11) is 1.68. The third-order valence-electron chi connectivity index (χ3n) is 2.52. The normalized spacial score (nSPS) is 12.3. The average molecular weight is 216 g/mol. The summed E-state index contributed by atoms with van der Waals surface area (Å²) in [5.74, 6) is -1.03. The Morgan fingerprint density at radius 3 is 2.13 bits per heavy atom. The van der Waals surface area contributed by atoms with Gasteiger partial charge in [-0.1, -0.05) is 13.8 Å². The van der Waals surface area contributed by atoms with Crippen LogP contribution in [0.4, 0.5) is 4.79 Å². The molecule has 0 saturated heterocycles. The first kappa shape index (κ1) is 13.7. The van der Waals surface area contributed by atoms with E-state index in [0.717, 1.165) is 12.8 Å². The summed E-state index contributed by atoms with van der Waals surface area (Å²) < 4.78 is 0.